The molecule has 0 bridgehead atoms. The number of rotatable bonds is 2. The van der Waals surface area contributed by atoms with Crippen LogP contribution < -0.4 is 5.32 Å². The molecule has 1 aliphatic rings. The minimum atomic E-state index is -0.995. The lowest BCUT2D eigenvalue weighted by Gasteiger charge is -2.20. The highest BCUT2D eigenvalue weighted by Gasteiger charge is 2.32. The van der Waals surface area contributed by atoms with Gasteiger partial charge in [-0.3, -0.25) is 0 Å². The first-order valence-corrected chi connectivity index (χ1v) is 7.17. The number of nitrogens with one attached hydrogen (secondary N) is 1. The van der Waals surface area contributed by atoms with Gasteiger partial charge < -0.3 is 15.3 Å². The Balaban J connectivity index is 2.07. The molecule has 0 saturated carbocycles. The second-order valence-electron chi connectivity index (χ2n) is 5.77. The highest BCUT2D eigenvalue weighted by atomic mass is 79.9. The number of hydrogen-bond donors (Lipinski definition) is 2. The van der Waals surface area contributed by atoms with E-state index in [0.29, 0.717) is 10.2 Å². The zero-order chi connectivity index (χ0) is 14.9. The molecule has 0 aliphatic carbocycles. The van der Waals surface area contributed by atoms with E-state index in [4.69, 9.17) is 5.11 Å². The van der Waals surface area contributed by atoms with Gasteiger partial charge in [0.1, 0.15) is 0 Å². The van der Waals surface area contributed by atoms with Crippen LogP contribution in [0.15, 0.2) is 22.7 Å². The summed E-state index contributed by atoms with van der Waals surface area (Å²) in [5.41, 5.74) is 0.906. The third-order valence-electron chi connectivity index (χ3n) is 3.42. The van der Waals surface area contributed by atoms with Gasteiger partial charge in [-0.05, 0) is 46.0 Å². The van der Waals surface area contributed by atoms with Gasteiger partial charge in [0.05, 0.1) is 11.3 Å². The predicted molar refractivity (Wildman–Crippen MR) is 80.1 cm³/mol. The number of urea groups is 1. The lowest BCUT2D eigenvalue weighted by molar-refractivity contribution is 0.0697. The van der Waals surface area contributed by atoms with Gasteiger partial charge >= 0.3 is 12.0 Å². The normalized spacial score (nSPS) is 17.1. The van der Waals surface area contributed by atoms with Crippen LogP contribution in [-0.4, -0.2) is 35.1 Å². The van der Waals surface area contributed by atoms with Crippen molar-refractivity contribution in [1.29, 1.82) is 0 Å². The molecule has 1 heterocycles. The largest absolute Gasteiger partial charge is 0.478 e. The van der Waals surface area contributed by atoms with Crippen LogP contribution in [0, 0.1) is 5.41 Å². The molecule has 20 heavy (non-hydrogen) atoms. The smallest absolute Gasteiger partial charge is 0.335 e. The van der Waals surface area contributed by atoms with Gasteiger partial charge in [-0.15, -0.1) is 0 Å². The molecule has 0 unspecified atom stereocenters. The summed E-state index contributed by atoms with van der Waals surface area (Å²) in [5, 5.41) is 11.7. The monoisotopic (exact) mass is 340 g/mol. The molecule has 0 spiro atoms. The van der Waals surface area contributed by atoms with Crippen LogP contribution in [0.4, 0.5) is 10.5 Å². The summed E-state index contributed by atoms with van der Waals surface area (Å²) in [4.78, 5) is 24.8. The van der Waals surface area contributed by atoms with Crippen LogP contribution in [-0.2, 0) is 0 Å². The molecule has 1 saturated heterocycles. The Morgan fingerprint density at radius 1 is 1.40 bits per heavy atom. The van der Waals surface area contributed by atoms with Gasteiger partial charge in [-0.2, -0.15) is 0 Å². The van der Waals surface area contributed by atoms with Crippen LogP contribution in [0.1, 0.15) is 30.6 Å². The molecule has 108 valence electrons. The Morgan fingerprint density at radius 2 is 2.10 bits per heavy atom. The number of hydrogen-bond acceptors (Lipinski definition) is 2. The van der Waals surface area contributed by atoms with Crippen LogP contribution in [0.3, 0.4) is 0 Å². The van der Waals surface area contributed by atoms with Crippen molar-refractivity contribution in [2.24, 2.45) is 5.41 Å². The second kappa shape index (κ2) is 5.44. The van der Waals surface area contributed by atoms with E-state index in [9.17, 15) is 9.59 Å². The fraction of sp³-hybridized carbons (Fsp3) is 0.429. The van der Waals surface area contributed by atoms with Gasteiger partial charge in [-0.25, -0.2) is 9.59 Å². The second-order valence-corrected chi connectivity index (χ2v) is 6.62. The summed E-state index contributed by atoms with van der Waals surface area (Å²) < 4.78 is 0.559. The van der Waals surface area contributed by atoms with Crippen LogP contribution in [0.25, 0.3) is 0 Å². The molecule has 1 fully saturated rings. The summed E-state index contributed by atoms with van der Waals surface area (Å²) in [7, 11) is 0. The van der Waals surface area contributed by atoms with Crippen molar-refractivity contribution in [3.63, 3.8) is 0 Å². The van der Waals surface area contributed by atoms with E-state index in [1.807, 2.05) is 0 Å². The summed E-state index contributed by atoms with van der Waals surface area (Å²) >= 11 is 3.28. The van der Waals surface area contributed by atoms with Crippen molar-refractivity contribution >= 4 is 33.6 Å². The van der Waals surface area contributed by atoms with E-state index >= 15 is 0 Å². The molecule has 1 aromatic rings. The molecule has 6 heteroatoms. The van der Waals surface area contributed by atoms with Crippen LogP contribution >= 0.6 is 15.9 Å². The molecule has 2 rings (SSSR count). The number of nitrogens with zero attached hydrogens (tertiary/aromatic N) is 1. The Morgan fingerprint density at radius 3 is 2.60 bits per heavy atom. The molecular formula is C14H17BrN2O3. The molecule has 2 amide bonds. The maximum absolute atomic E-state index is 12.2. The van der Waals surface area contributed by atoms with Gasteiger partial charge in [0.2, 0.25) is 0 Å². The van der Waals surface area contributed by atoms with E-state index in [2.05, 4.69) is 35.1 Å². The summed E-state index contributed by atoms with van der Waals surface area (Å²) in [6.07, 6.45) is 0.986. The first-order valence-electron chi connectivity index (χ1n) is 6.37. The van der Waals surface area contributed by atoms with Crippen LogP contribution in [0.5, 0.6) is 0 Å². The molecule has 0 atom stereocenters. The van der Waals surface area contributed by atoms with Crippen molar-refractivity contribution in [1.82, 2.24) is 4.90 Å². The molecule has 1 aliphatic heterocycles. The Bertz CT molecular complexity index is 557. The fourth-order valence-corrected chi connectivity index (χ4v) is 2.71. The third-order valence-corrected chi connectivity index (χ3v) is 4.08. The number of carbonyl (C=O) groups excluding carboxylic acids is 1. The quantitative estimate of drug-likeness (QED) is 0.866. The average Bonchev–Trinajstić information content (AvgIpc) is 2.72. The number of likely N-dealkylation sites (tertiary alicyclic amines) is 1. The molecule has 0 radical (unpaired) electrons. The molecule has 2 N–H and O–H groups in total. The third kappa shape index (κ3) is 3.30. The Labute approximate surface area is 126 Å². The maximum atomic E-state index is 12.2. The number of carbonyl (C=O) groups is 2. The number of halogens is 1. The summed E-state index contributed by atoms with van der Waals surface area (Å²) in [6.45, 7) is 5.74. The fourth-order valence-electron chi connectivity index (χ4n) is 2.23. The lowest BCUT2D eigenvalue weighted by Crippen LogP contribution is -2.34. The highest BCUT2D eigenvalue weighted by molar-refractivity contribution is 9.10. The molecule has 1 aromatic carbocycles. The Hall–Kier alpha value is -1.56. The van der Waals surface area contributed by atoms with Crippen LogP contribution in [0.2, 0.25) is 0 Å². The van der Waals surface area contributed by atoms with Crippen molar-refractivity contribution in [2.75, 3.05) is 18.4 Å². The average molecular weight is 341 g/mol. The number of aromatic carboxylic acids is 1. The molecule has 5 nitrogen and oxygen atoms in total. The zero-order valence-corrected chi connectivity index (χ0v) is 13.0. The van der Waals surface area contributed by atoms with Gasteiger partial charge in [0.25, 0.3) is 0 Å². The highest BCUT2D eigenvalue weighted by Crippen LogP contribution is 2.30. The number of amides is 2. The van der Waals surface area contributed by atoms with Crippen molar-refractivity contribution in [2.45, 2.75) is 20.3 Å². The Kier molecular flexibility index (Phi) is 4.04. The first kappa shape index (κ1) is 14.8. The van der Waals surface area contributed by atoms with Gasteiger partial charge in [0.15, 0.2) is 0 Å². The van der Waals surface area contributed by atoms with Crippen molar-refractivity contribution in [3.05, 3.63) is 28.2 Å². The van der Waals surface area contributed by atoms with E-state index < -0.39 is 5.97 Å². The van der Waals surface area contributed by atoms with Gasteiger partial charge in [-0.1, -0.05) is 13.8 Å². The first-order chi connectivity index (χ1) is 9.28. The maximum Gasteiger partial charge on any atom is 0.335 e. The van der Waals surface area contributed by atoms with E-state index in [-0.39, 0.29) is 17.0 Å². The van der Waals surface area contributed by atoms with E-state index in [1.54, 1.807) is 11.0 Å². The van der Waals surface area contributed by atoms with Gasteiger partial charge in [0, 0.05) is 17.6 Å². The van der Waals surface area contributed by atoms with E-state index in [1.165, 1.54) is 12.1 Å². The molecular weight excluding hydrogens is 324 g/mol. The number of anilines is 1. The summed E-state index contributed by atoms with van der Waals surface area (Å²) in [5.74, 6) is -0.995. The minimum Gasteiger partial charge on any atom is -0.478 e. The SMILES string of the molecule is CC1(C)CCN(C(=O)Nc2ccc(C(=O)O)cc2Br)C1. The molecule has 0 aromatic heterocycles. The minimum absolute atomic E-state index is 0.153. The number of carboxylic acids is 1. The van der Waals surface area contributed by atoms with Crippen molar-refractivity contribution in [3.8, 4) is 0 Å². The van der Waals surface area contributed by atoms with Crippen molar-refractivity contribution < 1.29 is 14.7 Å². The topological polar surface area (TPSA) is 69.6 Å². The predicted octanol–water partition coefficient (Wildman–Crippen LogP) is 3.41. The summed E-state index contributed by atoms with van der Waals surface area (Å²) in [6, 6.07) is 4.38. The van der Waals surface area contributed by atoms with E-state index in [0.717, 1.165) is 19.5 Å². The number of carboxylic acid groups (broad SMARTS) is 1. The number of benzene rings is 1. The zero-order valence-electron chi connectivity index (χ0n) is 11.4. The standard InChI is InChI=1S/C14H17BrN2O3/c1-14(2)5-6-17(8-14)13(20)16-11-4-3-9(12(18)19)7-10(11)15/h3-4,7H,5-6,8H2,1-2H3,(H,16,20)(H,18,19). The lowest BCUT2D eigenvalue weighted by atomic mass is 9.93.